The Bertz CT molecular complexity index is 433. The van der Waals surface area contributed by atoms with Gasteiger partial charge in [0, 0.05) is 6.04 Å². The van der Waals surface area contributed by atoms with Gasteiger partial charge in [0.15, 0.2) is 0 Å². The van der Waals surface area contributed by atoms with Crippen molar-refractivity contribution >= 4 is 0 Å². The van der Waals surface area contributed by atoms with Crippen molar-refractivity contribution in [2.75, 3.05) is 14.1 Å². The molecule has 3 atom stereocenters. The second kappa shape index (κ2) is 9.84. The maximum absolute atomic E-state index is 2.39. The van der Waals surface area contributed by atoms with E-state index in [0.29, 0.717) is 17.9 Å². The molecule has 1 aliphatic rings. The van der Waals surface area contributed by atoms with Crippen LogP contribution in [0.5, 0.6) is 0 Å². The molecule has 0 amide bonds. The van der Waals surface area contributed by atoms with Crippen LogP contribution in [0.4, 0.5) is 0 Å². The molecule has 0 bridgehead atoms. The third-order valence-corrected chi connectivity index (χ3v) is 4.70. The third kappa shape index (κ3) is 6.36. The average Bonchev–Trinajstić information content (AvgIpc) is 2.47. The van der Waals surface area contributed by atoms with Crippen molar-refractivity contribution in [2.45, 2.75) is 59.4 Å². The van der Waals surface area contributed by atoms with E-state index in [1.54, 1.807) is 5.57 Å². The van der Waals surface area contributed by atoms with Gasteiger partial charge in [0.05, 0.1) is 0 Å². The summed E-state index contributed by atoms with van der Waals surface area (Å²) in [6, 6.07) is 0.667. The topological polar surface area (TPSA) is 3.24 Å². The van der Waals surface area contributed by atoms with Gasteiger partial charge < -0.3 is 4.90 Å². The van der Waals surface area contributed by atoms with E-state index < -0.39 is 0 Å². The lowest BCUT2D eigenvalue weighted by molar-refractivity contribution is 0.243. The number of rotatable bonds is 8. The second-order valence-electron chi connectivity index (χ2n) is 7.10. The molecule has 0 spiro atoms. The van der Waals surface area contributed by atoms with Crippen molar-refractivity contribution in [1.82, 2.24) is 4.90 Å². The number of hydrogen-bond donors (Lipinski definition) is 0. The quantitative estimate of drug-likeness (QED) is 0.515. The zero-order chi connectivity index (χ0) is 16.5. The maximum atomic E-state index is 2.39. The van der Waals surface area contributed by atoms with Crippen LogP contribution in [0, 0.1) is 11.8 Å². The van der Waals surface area contributed by atoms with Crippen LogP contribution in [0.1, 0.15) is 53.4 Å². The Morgan fingerprint density at radius 3 is 2.64 bits per heavy atom. The van der Waals surface area contributed by atoms with Crippen molar-refractivity contribution in [3.05, 3.63) is 47.6 Å². The fourth-order valence-electron chi connectivity index (χ4n) is 3.24. The minimum atomic E-state index is 0.661. The standard InChI is InChI=1S/C21H35N/c1-7-20(22(5)6)16-19(14-10-8-12-17(2)3)21-15-11-9-13-18(21)4/h8-12,15,18-20H,7,13-14,16H2,1-6H3/b10-8-/t18?,19-,20?/m1/s1. The van der Waals surface area contributed by atoms with E-state index >= 15 is 0 Å². The first-order valence-electron chi connectivity index (χ1n) is 8.78. The van der Waals surface area contributed by atoms with Gasteiger partial charge in [-0.3, -0.25) is 0 Å². The van der Waals surface area contributed by atoms with E-state index in [9.17, 15) is 0 Å². The Labute approximate surface area is 138 Å². The molecule has 0 heterocycles. The fourth-order valence-corrected chi connectivity index (χ4v) is 3.24. The van der Waals surface area contributed by atoms with Gasteiger partial charge in [0.25, 0.3) is 0 Å². The molecule has 1 nitrogen and oxygen atoms in total. The predicted molar refractivity (Wildman–Crippen MR) is 100 cm³/mol. The molecule has 0 aliphatic heterocycles. The van der Waals surface area contributed by atoms with Gasteiger partial charge in [-0.05, 0) is 65.5 Å². The van der Waals surface area contributed by atoms with Crippen LogP contribution in [-0.2, 0) is 0 Å². The molecule has 0 saturated heterocycles. The van der Waals surface area contributed by atoms with E-state index in [0.717, 1.165) is 6.42 Å². The SMILES string of the molecule is CCC(C[C@@H](C/C=C\C=C(C)C)C1=CC=CCC1C)N(C)C. The van der Waals surface area contributed by atoms with Crippen molar-refractivity contribution in [3.8, 4) is 0 Å². The molecule has 0 N–H and O–H groups in total. The summed E-state index contributed by atoms with van der Waals surface area (Å²) in [6.07, 6.45) is 18.5. The largest absolute Gasteiger partial charge is 0.306 e. The summed E-state index contributed by atoms with van der Waals surface area (Å²) in [7, 11) is 4.42. The molecule has 124 valence electrons. The fraction of sp³-hybridized carbons (Fsp3) is 0.619. The highest BCUT2D eigenvalue weighted by molar-refractivity contribution is 5.24. The van der Waals surface area contributed by atoms with Gasteiger partial charge in [-0.2, -0.15) is 0 Å². The monoisotopic (exact) mass is 301 g/mol. The molecule has 22 heavy (non-hydrogen) atoms. The lowest BCUT2D eigenvalue weighted by atomic mass is 9.79. The second-order valence-corrected chi connectivity index (χ2v) is 7.10. The zero-order valence-electron chi connectivity index (χ0n) is 15.5. The lowest BCUT2D eigenvalue weighted by Gasteiger charge is -2.31. The normalized spacial score (nSPS) is 21.0. The molecule has 0 aromatic carbocycles. The maximum Gasteiger partial charge on any atom is 0.00923 e. The Kier molecular flexibility index (Phi) is 8.48. The summed E-state index contributed by atoms with van der Waals surface area (Å²) >= 11 is 0. The first kappa shape index (κ1) is 19.0. The molecule has 0 aromatic rings. The Morgan fingerprint density at radius 2 is 2.09 bits per heavy atom. The van der Waals surface area contributed by atoms with E-state index in [1.165, 1.54) is 24.8 Å². The summed E-state index contributed by atoms with van der Waals surface area (Å²) in [5.74, 6) is 1.35. The molecular formula is C21H35N. The molecule has 1 rings (SSSR count). The minimum Gasteiger partial charge on any atom is -0.306 e. The molecule has 2 unspecified atom stereocenters. The van der Waals surface area contributed by atoms with Crippen LogP contribution >= 0.6 is 0 Å². The summed E-state index contributed by atoms with van der Waals surface area (Å²) < 4.78 is 0. The Hall–Kier alpha value is -1.08. The molecule has 1 aliphatic carbocycles. The van der Waals surface area contributed by atoms with Gasteiger partial charge in [-0.15, -0.1) is 0 Å². The predicted octanol–water partition coefficient (Wildman–Crippen LogP) is 5.77. The first-order valence-corrected chi connectivity index (χ1v) is 8.78. The van der Waals surface area contributed by atoms with Gasteiger partial charge >= 0.3 is 0 Å². The van der Waals surface area contributed by atoms with Crippen LogP contribution < -0.4 is 0 Å². The molecule has 0 fully saturated rings. The third-order valence-electron chi connectivity index (χ3n) is 4.70. The number of nitrogens with zero attached hydrogens (tertiary/aromatic N) is 1. The highest BCUT2D eigenvalue weighted by Gasteiger charge is 2.23. The summed E-state index contributed by atoms with van der Waals surface area (Å²) in [6.45, 7) is 8.98. The van der Waals surface area contributed by atoms with Crippen LogP contribution in [0.2, 0.25) is 0 Å². The van der Waals surface area contributed by atoms with Crippen molar-refractivity contribution in [1.29, 1.82) is 0 Å². The summed E-state index contributed by atoms with van der Waals surface area (Å²) in [5.41, 5.74) is 3.00. The van der Waals surface area contributed by atoms with E-state index in [-0.39, 0.29) is 0 Å². The van der Waals surface area contributed by atoms with Crippen molar-refractivity contribution < 1.29 is 0 Å². The van der Waals surface area contributed by atoms with Crippen molar-refractivity contribution in [2.24, 2.45) is 11.8 Å². The zero-order valence-corrected chi connectivity index (χ0v) is 15.5. The van der Waals surface area contributed by atoms with Crippen LogP contribution in [0.25, 0.3) is 0 Å². The lowest BCUT2D eigenvalue weighted by Crippen LogP contribution is -2.30. The number of hydrogen-bond acceptors (Lipinski definition) is 1. The van der Waals surface area contributed by atoms with E-state index in [2.05, 4.69) is 83.1 Å². The smallest absolute Gasteiger partial charge is 0.00923 e. The Morgan fingerprint density at radius 1 is 1.36 bits per heavy atom. The highest BCUT2D eigenvalue weighted by atomic mass is 15.1. The van der Waals surface area contributed by atoms with Crippen LogP contribution in [-0.4, -0.2) is 25.0 Å². The summed E-state index contributed by atoms with van der Waals surface area (Å²) in [4.78, 5) is 2.39. The first-order chi connectivity index (χ1) is 10.5. The average molecular weight is 302 g/mol. The molecule has 0 saturated carbocycles. The van der Waals surface area contributed by atoms with Gasteiger partial charge in [-0.25, -0.2) is 0 Å². The van der Waals surface area contributed by atoms with Gasteiger partial charge in [0.2, 0.25) is 0 Å². The summed E-state index contributed by atoms with van der Waals surface area (Å²) in [5, 5.41) is 0. The minimum absolute atomic E-state index is 0.661. The molecule has 0 aromatic heterocycles. The molecule has 1 heteroatoms. The van der Waals surface area contributed by atoms with Crippen LogP contribution in [0.3, 0.4) is 0 Å². The molecular weight excluding hydrogens is 266 g/mol. The van der Waals surface area contributed by atoms with E-state index in [1.807, 2.05) is 0 Å². The molecule has 0 radical (unpaired) electrons. The number of allylic oxidation sites excluding steroid dienone is 8. The van der Waals surface area contributed by atoms with Crippen molar-refractivity contribution in [3.63, 3.8) is 0 Å². The van der Waals surface area contributed by atoms with Gasteiger partial charge in [0.1, 0.15) is 0 Å². The highest BCUT2D eigenvalue weighted by Crippen LogP contribution is 2.33. The van der Waals surface area contributed by atoms with E-state index in [4.69, 9.17) is 0 Å². The Balaban J connectivity index is 2.84. The van der Waals surface area contributed by atoms with Gasteiger partial charge in [-0.1, -0.05) is 61.4 Å². The van der Waals surface area contributed by atoms with Crippen LogP contribution in [0.15, 0.2) is 47.6 Å².